The molecule has 78 valence electrons. The number of hydrogen-bond acceptors (Lipinski definition) is 2. The molecule has 0 unspecified atom stereocenters. The van der Waals surface area contributed by atoms with E-state index in [1.54, 1.807) is 0 Å². The van der Waals surface area contributed by atoms with Gasteiger partial charge in [-0.2, -0.15) is 5.10 Å². The van der Waals surface area contributed by atoms with Crippen LogP contribution in [0.25, 0.3) is 0 Å². The lowest BCUT2D eigenvalue weighted by atomic mass is 10.1. The van der Waals surface area contributed by atoms with Crippen LogP contribution in [0.15, 0.2) is 6.20 Å². The first kappa shape index (κ1) is 9.71. The number of nitrogens with zero attached hydrogens (tertiary/aromatic N) is 3. The van der Waals surface area contributed by atoms with Crippen LogP contribution in [0.4, 0.5) is 0 Å². The fourth-order valence-electron chi connectivity index (χ4n) is 2.13. The van der Waals surface area contributed by atoms with Crippen LogP contribution in [-0.2, 0) is 13.6 Å². The summed E-state index contributed by atoms with van der Waals surface area (Å²) in [5.41, 5.74) is 2.69. The second-order valence-corrected chi connectivity index (χ2v) is 4.23. The van der Waals surface area contributed by atoms with Gasteiger partial charge >= 0.3 is 0 Å². The second kappa shape index (κ2) is 4.13. The van der Waals surface area contributed by atoms with E-state index in [0.717, 1.165) is 6.54 Å². The third-order valence-electron chi connectivity index (χ3n) is 3.09. The normalized spacial score (nSPS) is 18.7. The zero-order valence-electron chi connectivity index (χ0n) is 9.16. The molecule has 0 N–H and O–H groups in total. The van der Waals surface area contributed by atoms with Crippen molar-refractivity contribution in [2.75, 3.05) is 13.1 Å². The standard InChI is InChI=1S/C11H19N3/c1-10-8-12-13(2)11(10)9-14-6-4-3-5-7-14/h8H,3-7,9H2,1-2H3. The molecule has 0 amide bonds. The van der Waals surface area contributed by atoms with Crippen molar-refractivity contribution in [3.05, 3.63) is 17.5 Å². The van der Waals surface area contributed by atoms with Gasteiger partial charge in [0.25, 0.3) is 0 Å². The van der Waals surface area contributed by atoms with Crippen LogP contribution in [0.2, 0.25) is 0 Å². The highest BCUT2D eigenvalue weighted by molar-refractivity contribution is 5.15. The first-order valence-electron chi connectivity index (χ1n) is 5.47. The number of piperidine rings is 1. The Balaban J connectivity index is 2.02. The van der Waals surface area contributed by atoms with E-state index in [4.69, 9.17) is 0 Å². The SMILES string of the molecule is Cc1cnn(C)c1CN1CCCCC1. The maximum atomic E-state index is 4.27. The molecule has 2 rings (SSSR count). The topological polar surface area (TPSA) is 21.1 Å². The fraction of sp³-hybridized carbons (Fsp3) is 0.727. The van der Waals surface area contributed by atoms with E-state index in [1.807, 2.05) is 17.9 Å². The van der Waals surface area contributed by atoms with Crippen molar-refractivity contribution in [2.24, 2.45) is 7.05 Å². The molecule has 14 heavy (non-hydrogen) atoms. The summed E-state index contributed by atoms with van der Waals surface area (Å²) >= 11 is 0. The van der Waals surface area contributed by atoms with Crippen LogP contribution in [-0.4, -0.2) is 27.8 Å². The average Bonchev–Trinajstić information content (AvgIpc) is 2.51. The van der Waals surface area contributed by atoms with Crippen LogP contribution in [0.3, 0.4) is 0 Å². The summed E-state index contributed by atoms with van der Waals surface area (Å²) in [6, 6.07) is 0. The molecule has 1 aromatic rings. The van der Waals surface area contributed by atoms with Crippen molar-refractivity contribution in [2.45, 2.75) is 32.7 Å². The predicted molar refractivity (Wildman–Crippen MR) is 57.1 cm³/mol. The maximum Gasteiger partial charge on any atom is 0.0550 e. The zero-order valence-corrected chi connectivity index (χ0v) is 9.16. The molecule has 1 fully saturated rings. The number of aryl methyl sites for hydroxylation is 2. The van der Waals surface area contributed by atoms with Crippen LogP contribution >= 0.6 is 0 Å². The monoisotopic (exact) mass is 193 g/mol. The Morgan fingerprint density at radius 3 is 2.57 bits per heavy atom. The van der Waals surface area contributed by atoms with Crippen molar-refractivity contribution in [1.29, 1.82) is 0 Å². The minimum atomic E-state index is 1.07. The van der Waals surface area contributed by atoms with Gasteiger partial charge in [-0.1, -0.05) is 6.42 Å². The van der Waals surface area contributed by atoms with Gasteiger partial charge in [-0.15, -0.1) is 0 Å². The van der Waals surface area contributed by atoms with Crippen LogP contribution in [0, 0.1) is 6.92 Å². The molecule has 3 heteroatoms. The lowest BCUT2D eigenvalue weighted by Crippen LogP contribution is -2.30. The van der Waals surface area contributed by atoms with E-state index in [9.17, 15) is 0 Å². The van der Waals surface area contributed by atoms with Crippen molar-refractivity contribution < 1.29 is 0 Å². The molecule has 0 aliphatic carbocycles. The predicted octanol–water partition coefficient (Wildman–Crippen LogP) is 1.71. The summed E-state index contributed by atoms with van der Waals surface area (Å²) in [5.74, 6) is 0. The van der Waals surface area contributed by atoms with Gasteiger partial charge in [0.2, 0.25) is 0 Å². The van der Waals surface area contributed by atoms with Crippen molar-refractivity contribution >= 4 is 0 Å². The highest BCUT2D eigenvalue weighted by Crippen LogP contribution is 2.14. The first-order valence-corrected chi connectivity index (χ1v) is 5.47. The zero-order chi connectivity index (χ0) is 9.97. The largest absolute Gasteiger partial charge is 0.298 e. The molecule has 0 spiro atoms. The third-order valence-corrected chi connectivity index (χ3v) is 3.09. The minimum absolute atomic E-state index is 1.07. The third kappa shape index (κ3) is 1.98. The number of aromatic nitrogens is 2. The number of likely N-dealkylation sites (tertiary alicyclic amines) is 1. The molecule has 0 atom stereocenters. The lowest BCUT2D eigenvalue weighted by Gasteiger charge is -2.26. The summed E-state index contributed by atoms with van der Waals surface area (Å²) in [6.45, 7) is 5.73. The molecule has 1 aliphatic rings. The van der Waals surface area contributed by atoms with E-state index in [0.29, 0.717) is 0 Å². The summed E-state index contributed by atoms with van der Waals surface area (Å²) in [7, 11) is 2.03. The number of hydrogen-bond donors (Lipinski definition) is 0. The van der Waals surface area contributed by atoms with E-state index in [1.165, 1.54) is 43.6 Å². The highest BCUT2D eigenvalue weighted by Gasteiger charge is 2.13. The van der Waals surface area contributed by atoms with Gasteiger partial charge in [0, 0.05) is 13.6 Å². The van der Waals surface area contributed by atoms with Crippen molar-refractivity contribution in [3.8, 4) is 0 Å². The molecular weight excluding hydrogens is 174 g/mol. The van der Waals surface area contributed by atoms with Gasteiger partial charge in [-0.25, -0.2) is 0 Å². The Hall–Kier alpha value is -0.830. The Morgan fingerprint density at radius 1 is 1.29 bits per heavy atom. The fourth-order valence-corrected chi connectivity index (χ4v) is 2.13. The van der Waals surface area contributed by atoms with E-state index in [2.05, 4.69) is 16.9 Å². The highest BCUT2D eigenvalue weighted by atomic mass is 15.3. The molecule has 3 nitrogen and oxygen atoms in total. The van der Waals surface area contributed by atoms with E-state index in [-0.39, 0.29) is 0 Å². The van der Waals surface area contributed by atoms with E-state index >= 15 is 0 Å². The van der Waals surface area contributed by atoms with Crippen molar-refractivity contribution in [3.63, 3.8) is 0 Å². The van der Waals surface area contributed by atoms with Gasteiger partial charge in [0.15, 0.2) is 0 Å². The van der Waals surface area contributed by atoms with Crippen LogP contribution < -0.4 is 0 Å². The molecule has 1 aliphatic heterocycles. The van der Waals surface area contributed by atoms with Gasteiger partial charge in [0.1, 0.15) is 0 Å². The summed E-state index contributed by atoms with van der Waals surface area (Å²) in [5, 5.41) is 4.27. The van der Waals surface area contributed by atoms with Crippen LogP contribution in [0.5, 0.6) is 0 Å². The summed E-state index contributed by atoms with van der Waals surface area (Å²) in [6.07, 6.45) is 6.08. The Morgan fingerprint density at radius 2 is 2.00 bits per heavy atom. The smallest absolute Gasteiger partial charge is 0.0550 e. The molecule has 0 radical (unpaired) electrons. The summed E-state index contributed by atoms with van der Waals surface area (Å²) < 4.78 is 2.00. The molecule has 0 bridgehead atoms. The van der Waals surface area contributed by atoms with Gasteiger partial charge < -0.3 is 0 Å². The number of rotatable bonds is 2. The summed E-state index contributed by atoms with van der Waals surface area (Å²) in [4.78, 5) is 2.54. The lowest BCUT2D eigenvalue weighted by molar-refractivity contribution is 0.215. The van der Waals surface area contributed by atoms with Crippen molar-refractivity contribution in [1.82, 2.24) is 14.7 Å². The first-order chi connectivity index (χ1) is 6.77. The van der Waals surface area contributed by atoms with Gasteiger partial charge in [0.05, 0.1) is 11.9 Å². The molecule has 1 saturated heterocycles. The van der Waals surface area contributed by atoms with Crippen LogP contribution in [0.1, 0.15) is 30.5 Å². The molecule has 1 aromatic heterocycles. The average molecular weight is 193 g/mol. The van der Waals surface area contributed by atoms with E-state index < -0.39 is 0 Å². The maximum absolute atomic E-state index is 4.27. The Kier molecular flexibility index (Phi) is 2.87. The Labute approximate surface area is 85.7 Å². The Bertz CT molecular complexity index is 278. The molecule has 0 aromatic carbocycles. The minimum Gasteiger partial charge on any atom is -0.298 e. The van der Waals surface area contributed by atoms with Gasteiger partial charge in [-0.05, 0) is 38.4 Å². The second-order valence-electron chi connectivity index (χ2n) is 4.23. The molecular formula is C11H19N3. The van der Waals surface area contributed by atoms with Gasteiger partial charge in [-0.3, -0.25) is 9.58 Å². The molecule has 2 heterocycles. The molecule has 0 saturated carbocycles. The quantitative estimate of drug-likeness (QED) is 0.713.